The lowest BCUT2D eigenvalue weighted by Crippen LogP contribution is -2.48. The molecule has 2 saturated heterocycles. The Morgan fingerprint density at radius 1 is 1.24 bits per heavy atom. The summed E-state index contributed by atoms with van der Waals surface area (Å²) < 4.78 is 0. The van der Waals surface area contributed by atoms with E-state index < -0.39 is 0 Å². The zero-order valence-corrected chi connectivity index (χ0v) is 15.0. The Balaban J connectivity index is 1.34. The van der Waals surface area contributed by atoms with Gasteiger partial charge in [-0.2, -0.15) is 0 Å². The van der Waals surface area contributed by atoms with Gasteiger partial charge in [-0.3, -0.25) is 0 Å². The van der Waals surface area contributed by atoms with Crippen LogP contribution in [0.1, 0.15) is 31.7 Å². The number of fused-ring (bicyclic) bond motifs is 3. The topological polar surface area (TPSA) is 51.4 Å². The van der Waals surface area contributed by atoms with Crippen LogP contribution >= 0.6 is 0 Å². The minimum absolute atomic E-state index is 0.133. The van der Waals surface area contributed by atoms with Crippen molar-refractivity contribution in [2.24, 2.45) is 0 Å². The van der Waals surface area contributed by atoms with Gasteiger partial charge >= 0.3 is 6.03 Å². The lowest BCUT2D eigenvalue weighted by Gasteiger charge is -2.29. The first-order chi connectivity index (χ1) is 12.2. The molecule has 25 heavy (non-hydrogen) atoms. The van der Waals surface area contributed by atoms with Crippen molar-refractivity contribution in [3.63, 3.8) is 0 Å². The average molecular weight is 340 g/mol. The summed E-state index contributed by atoms with van der Waals surface area (Å²) in [4.78, 5) is 20.6. The number of likely N-dealkylation sites (N-methyl/N-ethyl adjacent to an activating group) is 1. The van der Waals surface area contributed by atoms with E-state index in [9.17, 15) is 4.79 Å². The van der Waals surface area contributed by atoms with E-state index in [1.165, 1.54) is 17.4 Å². The SMILES string of the molecule is CCN1CCC2CCC(C1)N2C(=O)NCCc1ccc2[nH]ccc2c1. The number of nitrogens with zero attached hydrogens (tertiary/aromatic N) is 2. The minimum atomic E-state index is 0.133. The van der Waals surface area contributed by atoms with E-state index in [0.29, 0.717) is 18.6 Å². The number of carbonyl (C=O) groups excluding carboxylic acids is 1. The second kappa shape index (κ2) is 7.08. The van der Waals surface area contributed by atoms with Gasteiger partial charge in [0.2, 0.25) is 0 Å². The predicted octanol–water partition coefficient (Wildman–Crippen LogP) is 2.98. The molecular weight excluding hydrogens is 312 g/mol. The molecule has 0 spiro atoms. The second-order valence-corrected chi connectivity index (χ2v) is 7.36. The molecule has 1 aromatic heterocycles. The van der Waals surface area contributed by atoms with Crippen molar-refractivity contribution in [3.8, 4) is 0 Å². The van der Waals surface area contributed by atoms with Gasteiger partial charge in [0.15, 0.2) is 0 Å². The fourth-order valence-corrected chi connectivity index (χ4v) is 4.43. The first-order valence-corrected chi connectivity index (χ1v) is 9.59. The summed E-state index contributed by atoms with van der Waals surface area (Å²) in [5.41, 5.74) is 2.43. The van der Waals surface area contributed by atoms with Crippen molar-refractivity contribution in [2.75, 3.05) is 26.2 Å². The maximum absolute atomic E-state index is 12.8. The average Bonchev–Trinajstić information content (AvgIpc) is 3.18. The Labute approximate surface area is 149 Å². The van der Waals surface area contributed by atoms with Crippen molar-refractivity contribution in [1.29, 1.82) is 0 Å². The summed E-state index contributed by atoms with van der Waals surface area (Å²) >= 11 is 0. The summed E-state index contributed by atoms with van der Waals surface area (Å²) in [6.45, 7) is 6.15. The lowest BCUT2D eigenvalue weighted by atomic mass is 10.1. The van der Waals surface area contributed by atoms with Crippen molar-refractivity contribution < 1.29 is 4.79 Å². The number of nitrogens with one attached hydrogen (secondary N) is 2. The number of rotatable bonds is 4. The van der Waals surface area contributed by atoms with E-state index in [4.69, 9.17) is 0 Å². The molecule has 134 valence electrons. The van der Waals surface area contributed by atoms with Gasteiger partial charge in [0.1, 0.15) is 0 Å². The molecule has 1 aromatic carbocycles. The monoisotopic (exact) mass is 340 g/mol. The number of hydrogen-bond donors (Lipinski definition) is 2. The number of amides is 2. The molecule has 0 aliphatic carbocycles. The molecule has 2 bridgehead atoms. The summed E-state index contributed by atoms with van der Waals surface area (Å²) in [6, 6.07) is 9.49. The van der Waals surface area contributed by atoms with Crippen LogP contribution in [0, 0.1) is 0 Å². The Bertz CT molecular complexity index is 740. The van der Waals surface area contributed by atoms with Crippen LogP contribution in [0.4, 0.5) is 4.79 Å². The Morgan fingerprint density at radius 3 is 3.00 bits per heavy atom. The summed E-state index contributed by atoms with van der Waals surface area (Å²) in [7, 11) is 0. The molecular formula is C20H28N4O. The van der Waals surface area contributed by atoms with Crippen LogP contribution in [0.15, 0.2) is 30.5 Å². The van der Waals surface area contributed by atoms with Gasteiger partial charge in [-0.1, -0.05) is 13.0 Å². The normalized spacial score (nSPS) is 23.8. The second-order valence-electron chi connectivity index (χ2n) is 7.36. The lowest BCUT2D eigenvalue weighted by molar-refractivity contribution is 0.171. The number of aromatic amines is 1. The van der Waals surface area contributed by atoms with Crippen LogP contribution in [-0.4, -0.2) is 59.1 Å². The van der Waals surface area contributed by atoms with Crippen LogP contribution < -0.4 is 5.32 Å². The molecule has 2 amide bonds. The molecule has 2 unspecified atom stereocenters. The van der Waals surface area contributed by atoms with Crippen molar-refractivity contribution in [1.82, 2.24) is 20.1 Å². The molecule has 4 rings (SSSR count). The zero-order valence-electron chi connectivity index (χ0n) is 15.0. The number of H-pyrrole nitrogens is 1. The zero-order chi connectivity index (χ0) is 17.2. The van der Waals surface area contributed by atoms with Crippen molar-refractivity contribution in [3.05, 3.63) is 36.0 Å². The fourth-order valence-electron chi connectivity index (χ4n) is 4.43. The van der Waals surface area contributed by atoms with Gasteiger partial charge in [0.05, 0.1) is 0 Å². The van der Waals surface area contributed by atoms with Crippen LogP contribution in [-0.2, 0) is 6.42 Å². The highest BCUT2D eigenvalue weighted by Crippen LogP contribution is 2.30. The number of carbonyl (C=O) groups is 1. The van der Waals surface area contributed by atoms with E-state index >= 15 is 0 Å². The Hall–Kier alpha value is -2.01. The summed E-state index contributed by atoms with van der Waals surface area (Å²) in [5, 5.41) is 4.40. The molecule has 2 N–H and O–H groups in total. The number of aromatic nitrogens is 1. The van der Waals surface area contributed by atoms with E-state index in [2.05, 4.69) is 51.3 Å². The highest BCUT2D eigenvalue weighted by Gasteiger charge is 2.39. The standard InChI is InChI=1S/C20H28N4O/c1-2-23-12-9-17-4-5-18(14-23)24(17)20(25)22-10-7-15-3-6-19-16(13-15)8-11-21-19/h3,6,8,11,13,17-18,21H,2,4-5,7,9-10,12,14H2,1H3,(H,22,25). The van der Waals surface area contributed by atoms with Crippen LogP contribution in [0.25, 0.3) is 10.9 Å². The van der Waals surface area contributed by atoms with Gasteiger partial charge < -0.3 is 20.1 Å². The summed E-state index contributed by atoms with van der Waals surface area (Å²) in [6.07, 6.45) is 6.27. The third-order valence-electron chi connectivity index (χ3n) is 5.86. The fraction of sp³-hybridized carbons (Fsp3) is 0.550. The van der Waals surface area contributed by atoms with Gasteiger partial charge in [-0.05, 0) is 61.4 Å². The third-order valence-corrected chi connectivity index (χ3v) is 5.86. The molecule has 5 nitrogen and oxygen atoms in total. The Morgan fingerprint density at radius 2 is 2.12 bits per heavy atom. The van der Waals surface area contributed by atoms with E-state index in [1.54, 1.807) is 0 Å². The highest BCUT2D eigenvalue weighted by atomic mass is 16.2. The molecule has 2 aromatic rings. The van der Waals surface area contributed by atoms with Crippen LogP contribution in [0.5, 0.6) is 0 Å². The van der Waals surface area contributed by atoms with Gasteiger partial charge in [-0.15, -0.1) is 0 Å². The number of benzene rings is 1. The molecule has 2 fully saturated rings. The van der Waals surface area contributed by atoms with E-state index in [0.717, 1.165) is 44.4 Å². The van der Waals surface area contributed by atoms with Crippen LogP contribution in [0.2, 0.25) is 0 Å². The number of hydrogen-bond acceptors (Lipinski definition) is 2. The number of likely N-dealkylation sites (tertiary alicyclic amines) is 1. The Kier molecular flexibility index (Phi) is 4.66. The van der Waals surface area contributed by atoms with Gasteiger partial charge in [0.25, 0.3) is 0 Å². The molecule has 2 aliphatic heterocycles. The maximum atomic E-state index is 12.8. The predicted molar refractivity (Wildman–Crippen MR) is 101 cm³/mol. The first-order valence-electron chi connectivity index (χ1n) is 9.59. The first kappa shape index (κ1) is 16.5. The molecule has 2 aliphatic rings. The van der Waals surface area contributed by atoms with Crippen LogP contribution in [0.3, 0.4) is 0 Å². The molecule has 2 atom stereocenters. The van der Waals surface area contributed by atoms with Crippen molar-refractivity contribution >= 4 is 16.9 Å². The molecule has 5 heteroatoms. The van der Waals surface area contributed by atoms with Gasteiger partial charge in [0, 0.05) is 43.4 Å². The maximum Gasteiger partial charge on any atom is 0.317 e. The highest BCUT2D eigenvalue weighted by molar-refractivity contribution is 5.80. The summed E-state index contributed by atoms with van der Waals surface area (Å²) in [5.74, 6) is 0. The smallest absolute Gasteiger partial charge is 0.317 e. The molecule has 3 heterocycles. The van der Waals surface area contributed by atoms with Crippen molar-refractivity contribution in [2.45, 2.75) is 44.7 Å². The third kappa shape index (κ3) is 3.38. The quantitative estimate of drug-likeness (QED) is 0.899. The molecule has 0 radical (unpaired) electrons. The van der Waals surface area contributed by atoms with E-state index in [-0.39, 0.29) is 6.03 Å². The number of urea groups is 1. The van der Waals surface area contributed by atoms with E-state index in [1.807, 2.05) is 6.20 Å². The van der Waals surface area contributed by atoms with Gasteiger partial charge in [-0.25, -0.2) is 4.79 Å². The minimum Gasteiger partial charge on any atom is -0.361 e. The largest absolute Gasteiger partial charge is 0.361 e. The molecule has 0 saturated carbocycles.